The van der Waals surface area contributed by atoms with Gasteiger partial charge in [-0.15, -0.1) is 0 Å². The van der Waals surface area contributed by atoms with E-state index in [0.717, 1.165) is 24.3 Å². The highest BCUT2D eigenvalue weighted by atomic mass is 15.2. The Morgan fingerprint density at radius 1 is 0.955 bits per heavy atom. The quantitative estimate of drug-likeness (QED) is 0.747. The first-order chi connectivity index (χ1) is 10.7. The number of nitrogens with two attached hydrogens (primary N) is 1. The highest BCUT2D eigenvalue weighted by Crippen LogP contribution is 2.23. The first-order valence-electron chi connectivity index (χ1n) is 9.86. The van der Waals surface area contributed by atoms with Crippen molar-refractivity contribution in [2.75, 3.05) is 45.8 Å². The summed E-state index contributed by atoms with van der Waals surface area (Å²) in [6.45, 7) is 13.5. The second-order valence-electron chi connectivity index (χ2n) is 7.96. The van der Waals surface area contributed by atoms with E-state index in [2.05, 4.69) is 23.6 Å². The molecule has 0 saturated carbocycles. The van der Waals surface area contributed by atoms with Crippen molar-refractivity contribution < 1.29 is 0 Å². The third kappa shape index (κ3) is 6.17. The maximum absolute atomic E-state index is 5.78. The molecule has 2 rings (SSSR count). The molecule has 2 fully saturated rings. The molecule has 1 unspecified atom stereocenters. The van der Waals surface area contributed by atoms with Crippen LogP contribution >= 0.6 is 0 Å². The number of hydrogen-bond acceptors (Lipinski definition) is 3. The number of likely N-dealkylation sites (tertiary alicyclic amines) is 2. The summed E-state index contributed by atoms with van der Waals surface area (Å²) in [7, 11) is 0. The van der Waals surface area contributed by atoms with Crippen molar-refractivity contribution >= 4 is 0 Å². The lowest BCUT2D eigenvalue weighted by molar-refractivity contribution is 0.110. The van der Waals surface area contributed by atoms with Gasteiger partial charge in [-0.3, -0.25) is 0 Å². The van der Waals surface area contributed by atoms with E-state index in [1.165, 1.54) is 84.2 Å². The standard InChI is InChI=1S/C19H39N3/c1-3-4-18(5-10-20)15-22-13-8-19(9-14-22)16-21-11-6-17(2)7-12-21/h17-19H,3-16,20H2,1-2H3. The molecule has 0 bridgehead atoms. The fraction of sp³-hybridized carbons (Fsp3) is 1.00. The molecule has 2 N–H and O–H groups in total. The van der Waals surface area contributed by atoms with Crippen LogP contribution in [0, 0.1) is 17.8 Å². The Hall–Kier alpha value is -0.120. The molecule has 0 spiro atoms. The van der Waals surface area contributed by atoms with Gasteiger partial charge in [0.2, 0.25) is 0 Å². The molecule has 0 radical (unpaired) electrons. The van der Waals surface area contributed by atoms with Crippen LogP contribution in [0.15, 0.2) is 0 Å². The molecule has 0 aromatic rings. The Balaban J connectivity index is 1.64. The zero-order chi connectivity index (χ0) is 15.8. The fourth-order valence-electron chi connectivity index (χ4n) is 4.30. The van der Waals surface area contributed by atoms with Crippen LogP contribution in [0.3, 0.4) is 0 Å². The summed E-state index contributed by atoms with van der Waals surface area (Å²) in [5, 5.41) is 0. The number of rotatable bonds is 8. The molecule has 2 aliphatic rings. The van der Waals surface area contributed by atoms with Crippen LogP contribution in [0.25, 0.3) is 0 Å². The normalized spacial score (nSPS) is 24.7. The molecular weight excluding hydrogens is 270 g/mol. The van der Waals surface area contributed by atoms with Crippen LogP contribution in [-0.2, 0) is 0 Å². The Bertz CT molecular complexity index is 272. The Morgan fingerprint density at radius 2 is 1.59 bits per heavy atom. The minimum atomic E-state index is 0.829. The van der Waals surface area contributed by atoms with Crippen LogP contribution < -0.4 is 5.73 Å². The Kier molecular flexibility index (Phi) is 8.19. The van der Waals surface area contributed by atoms with Crippen LogP contribution in [-0.4, -0.2) is 55.6 Å². The molecule has 0 amide bonds. The summed E-state index contributed by atoms with van der Waals surface area (Å²) in [6.07, 6.45) is 9.51. The SMILES string of the molecule is CCCC(CCN)CN1CCC(CN2CCC(C)CC2)CC1. The highest BCUT2D eigenvalue weighted by Gasteiger charge is 2.24. The van der Waals surface area contributed by atoms with Gasteiger partial charge >= 0.3 is 0 Å². The van der Waals surface area contributed by atoms with Crippen LogP contribution in [0.1, 0.15) is 58.8 Å². The minimum absolute atomic E-state index is 0.829. The maximum atomic E-state index is 5.78. The molecule has 1 atom stereocenters. The zero-order valence-corrected chi connectivity index (χ0v) is 15.1. The van der Waals surface area contributed by atoms with Crippen LogP contribution in [0.5, 0.6) is 0 Å². The number of nitrogens with zero attached hydrogens (tertiary/aromatic N) is 2. The summed E-state index contributed by atoms with van der Waals surface area (Å²) in [6, 6.07) is 0. The van der Waals surface area contributed by atoms with Gasteiger partial charge < -0.3 is 15.5 Å². The predicted molar refractivity (Wildman–Crippen MR) is 96.1 cm³/mol. The van der Waals surface area contributed by atoms with Crippen molar-refractivity contribution in [2.45, 2.75) is 58.8 Å². The average Bonchev–Trinajstić information content (AvgIpc) is 2.52. The number of piperidine rings is 2. The molecule has 22 heavy (non-hydrogen) atoms. The molecule has 2 aliphatic heterocycles. The second-order valence-corrected chi connectivity index (χ2v) is 7.96. The van der Waals surface area contributed by atoms with Gasteiger partial charge in [-0.1, -0.05) is 20.3 Å². The zero-order valence-electron chi connectivity index (χ0n) is 15.1. The first-order valence-corrected chi connectivity index (χ1v) is 9.86. The van der Waals surface area contributed by atoms with E-state index >= 15 is 0 Å². The molecule has 3 heteroatoms. The fourth-order valence-corrected chi connectivity index (χ4v) is 4.30. The lowest BCUT2D eigenvalue weighted by Gasteiger charge is -2.38. The highest BCUT2D eigenvalue weighted by molar-refractivity contribution is 4.79. The minimum Gasteiger partial charge on any atom is -0.330 e. The molecule has 2 heterocycles. The van der Waals surface area contributed by atoms with E-state index in [-0.39, 0.29) is 0 Å². The monoisotopic (exact) mass is 309 g/mol. The Morgan fingerprint density at radius 3 is 2.18 bits per heavy atom. The van der Waals surface area contributed by atoms with Crippen molar-refractivity contribution in [2.24, 2.45) is 23.5 Å². The van der Waals surface area contributed by atoms with E-state index in [0.29, 0.717) is 0 Å². The molecule has 0 aromatic carbocycles. The molecule has 3 nitrogen and oxygen atoms in total. The van der Waals surface area contributed by atoms with Crippen molar-refractivity contribution in [3.63, 3.8) is 0 Å². The topological polar surface area (TPSA) is 32.5 Å². The molecule has 2 saturated heterocycles. The van der Waals surface area contributed by atoms with E-state index in [9.17, 15) is 0 Å². The van der Waals surface area contributed by atoms with Gasteiger partial charge in [0.05, 0.1) is 0 Å². The van der Waals surface area contributed by atoms with Gasteiger partial charge in [0.1, 0.15) is 0 Å². The van der Waals surface area contributed by atoms with Gasteiger partial charge in [-0.25, -0.2) is 0 Å². The van der Waals surface area contributed by atoms with Crippen molar-refractivity contribution in [1.82, 2.24) is 9.80 Å². The molecule has 0 aromatic heterocycles. The largest absolute Gasteiger partial charge is 0.330 e. The average molecular weight is 310 g/mol. The van der Waals surface area contributed by atoms with E-state index in [4.69, 9.17) is 5.73 Å². The second kappa shape index (κ2) is 9.89. The lowest BCUT2D eigenvalue weighted by atomic mass is 9.92. The van der Waals surface area contributed by atoms with Gasteiger partial charge in [0.25, 0.3) is 0 Å². The Labute approximate surface area is 138 Å². The summed E-state index contributed by atoms with van der Waals surface area (Å²) in [5.74, 6) is 2.73. The maximum Gasteiger partial charge on any atom is 0.00106 e. The molecular formula is C19H39N3. The lowest BCUT2D eigenvalue weighted by Crippen LogP contribution is -2.42. The summed E-state index contributed by atoms with van der Waals surface area (Å²) in [5.41, 5.74) is 5.78. The number of hydrogen-bond donors (Lipinski definition) is 1. The van der Waals surface area contributed by atoms with Gasteiger partial charge in [0.15, 0.2) is 0 Å². The van der Waals surface area contributed by atoms with E-state index in [1.54, 1.807) is 0 Å². The van der Waals surface area contributed by atoms with Crippen molar-refractivity contribution in [1.29, 1.82) is 0 Å². The predicted octanol–water partition coefficient (Wildman–Crippen LogP) is 3.20. The summed E-state index contributed by atoms with van der Waals surface area (Å²) in [4.78, 5) is 5.44. The molecule has 0 aliphatic carbocycles. The van der Waals surface area contributed by atoms with Crippen LogP contribution in [0.4, 0.5) is 0 Å². The van der Waals surface area contributed by atoms with Gasteiger partial charge in [0, 0.05) is 13.1 Å². The first kappa shape index (κ1) is 18.2. The van der Waals surface area contributed by atoms with E-state index in [1.807, 2.05) is 0 Å². The van der Waals surface area contributed by atoms with E-state index < -0.39 is 0 Å². The van der Waals surface area contributed by atoms with Crippen molar-refractivity contribution in [3.05, 3.63) is 0 Å². The third-order valence-corrected chi connectivity index (χ3v) is 5.89. The summed E-state index contributed by atoms with van der Waals surface area (Å²) < 4.78 is 0. The van der Waals surface area contributed by atoms with Gasteiger partial charge in [-0.05, 0) is 89.0 Å². The van der Waals surface area contributed by atoms with Gasteiger partial charge in [-0.2, -0.15) is 0 Å². The van der Waals surface area contributed by atoms with Crippen LogP contribution in [0.2, 0.25) is 0 Å². The van der Waals surface area contributed by atoms with Crippen molar-refractivity contribution in [3.8, 4) is 0 Å². The smallest absolute Gasteiger partial charge is 0.00106 e. The summed E-state index contributed by atoms with van der Waals surface area (Å²) >= 11 is 0. The third-order valence-electron chi connectivity index (χ3n) is 5.89. The molecule has 130 valence electrons.